The van der Waals surface area contributed by atoms with E-state index in [9.17, 15) is 4.79 Å². The Morgan fingerprint density at radius 3 is 2.96 bits per heavy atom. The molecule has 0 N–H and O–H groups in total. The average molecular weight is 394 g/mol. The summed E-state index contributed by atoms with van der Waals surface area (Å²) >= 11 is 1.55. The highest BCUT2D eigenvalue weighted by molar-refractivity contribution is 7.07. The summed E-state index contributed by atoms with van der Waals surface area (Å²) in [6, 6.07) is 13.9. The Morgan fingerprint density at radius 1 is 1.21 bits per heavy atom. The maximum absolute atomic E-state index is 12.4. The Bertz CT molecular complexity index is 956. The van der Waals surface area contributed by atoms with Gasteiger partial charge >= 0.3 is 0 Å². The van der Waals surface area contributed by atoms with Crippen LogP contribution in [0, 0.1) is 6.92 Å². The monoisotopic (exact) mass is 394 g/mol. The van der Waals surface area contributed by atoms with Crippen molar-refractivity contribution in [3.05, 3.63) is 58.9 Å². The Hall–Kier alpha value is -2.86. The van der Waals surface area contributed by atoms with E-state index in [4.69, 9.17) is 9.47 Å². The predicted molar refractivity (Wildman–Crippen MR) is 111 cm³/mol. The lowest BCUT2D eigenvalue weighted by atomic mass is 10.1. The van der Waals surface area contributed by atoms with Gasteiger partial charge in [0.15, 0.2) is 6.61 Å². The Balaban J connectivity index is 1.38. The molecule has 1 aliphatic rings. The van der Waals surface area contributed by atoms with Crippen LogP contribution >= 0.6 is 11.3 Å². The molecule has 0 radical (unpaired) electrons. The van der Waals surface area contributed by atoms with Gasteiger partial charge in [-0.05, 0) is 55.7 Å². The lowest BCUT2D eigenvalue weighted by molar-refractivity contribution is -0.121. The summed E-state index contributed by atoms with van der Waals surface area (Å²) < 4.78 is 11.4. The molecule has 0 saturated carbocycles. The topological polar surface area (TPSA) is 51.7 Å². The van der Waals surface area contributed by atoms with E-state index in [1.54, 1.807) is 11.3 Å². The van der Waals surface area contributed by atoms with Crippen molar-refractivity contribution < 1.29 is 14.3 Å². The third kappa shape index (κ3) is 4.17. The minimum absolute atomic E-state index is 0.0115. The van der Waals surface area contributed by atoms with Gasteiger partial charge in [-0.25, -0.2) is 4.98 Å². The van der Waals surface area contributed by atoms with E-state index in [0.717, 1.165) is 41.3 Å². The van der Waals surface area contributed by atoms with Crippen molar-refractivity contribution in [3.8, 4) is 22.8 Å². The van der Waals surface area contributed by atoms with Crippen molar-refractivity contribution in [3.63, 3.8) is 0 Å². The summed E-state index contributed by atoms with van der Waals surface area (Å²) in [5.41, 5.74) is 5.72. The van der Waals surface area contributed by atoms with Gasteiger partial charge in [0.05, 0.1) is 23.5 Å². The molecule has 0 spiro atoms. The summed E-state index contributed by atoms with van der Waals surface area (Å²) in [7, 11) is 0. The molecule has 3 aromatic rings. The third-order valence-corrected chi connectivity index (χ3v) is 5.25. The van der Waals surface area contributed by atoms with Gasteiger partial charge in [0, 0.05) is 17.5 Å². The SMILES string of the molecule is Cc1cccc(OCCCCN2C(=O)COc3ccc(-c4cscn4)cc32)c1. The molecule has 0 bridgehead atoms. The molecular formula is C22H22N2O3S. The summed E-state index contributed by atoms with van der Waals surface area (Å²) in [5.74, 6) is 1.62. The third-order valence-electron chi connectivity index (χ3n) is 4.66. The number of fused-ring (bicyclic) bond motifs is 1. The average Bonchev–Trinajstić information content (AvgIpc) is 3.24. The van der Waals surface area contributed by atoms with Crippen LogP contribution in [0.2, 0.25) is 0 Å². The van der Waals surface area contributed by atoms with Crippen molar-refractivity contribution in [1.29, 1.82) is 0 Å². The number of nitrogens with zero attached hydrogens (tertiary/aromatic N) is 2. The van der Waals surface area contributed by atoms with Crippen LogP contribution in [-0.4, -0.2) is 30.6 Å². The normalized spacial score (nSPS) is 13.2. The largest absolute Gasteiger partial charge is 0.494 e. The quantitative estimate of drug-likeness (QED) is 0.545. The van der Waals surface area contributed by atoms with Crippen LogP contribution in [0.3, 0.4) is 0 Å². The van der Waals surface area contributed by atoms with Crippen LogP contribution < -0.4 is 14.4 Å². The molecule has 4 rings (SSSR count). The molecule has 0 atom stereocenters. The molecule has 144 valence electrons. The first-order valence-electron chi connectivity index (χ1n) is 9.36. The molecule has 2 aromatic carbocycles. The van der Waals surface area contributed by atoms with Gasteiger partial charge in [-0.3, -0.25) is 4.79 Å². The number of carbonyl (C=O) groups is 1. The van der Waals surface area contributed by atoms with E-state index in [1.807, 2.05) is 65.2 Å². The van der Waals surface area contributed by atoms with Crippen molar-refractivity contribution >= 4 is 22.9 Å². The molecule has 1 amide bonds. The Kier molecular flexibility index (Phi) is 5.58. The van der Waals surface area contributed by atoms with Crippen LogP contribution in [0.4, 0.5) is 5.69 Å². The molecule has 0 aliphatic carbocycles. The van der Waals surface area contributed by atoms with Crippen molar-refractivity contribution in [2.45, 2.75) is 19.8 Å². The zero-order valence-corrected chi connectivity index (χ0v) is 16.6. The number of aromatic nitrogens is 1. The summed E-state index contributed by atoms with van der Waals surface area (Å²) in [4.78, 5) is 18.6. The van der Waals surface area contributed by atoms with Crippen LogP contribution in [0.25, 0.3) is 11.3 Å². The molecule has 1 aromatic heterocycles. The smallest absolute Gasteiger partial charge is 0.265 e. The number of ether oxygens (including phenoxy) is 2. The van der Waals surface area contributed by atoms with Gasteiger partial charge in [-0.1, -0.05) is 12.1 Å². The first-order chi connectivity index (χ1) is 13.7. The highest BCUT2D eigenvalue weighted by Gasteiger charge is 2.25. The van der Waals surface area contributed by atoms with E-state index in [2.05, 4.69) is 4.98 Å². The van der Waals surface area contributed by atoms with Gasteiger partial charge in [0.1, 0.15) is 11.5 Å². The van der Waals surface area contributed by atoms with Crippen LogP contribution in [0.5, 0.6) is 11.5 Å². The minimum Gasteiger partial charge on any atom is -0.494 e. The molecule has 0 saturated heterocycles. The molecule has 1 aliphatic heterocycles. The molecule has 0 fully saturated rings. The molecule has 5 nitrogen and oxygen atoms in total. The molecule has 28 heavy (non-hydrogen) atoms. The maximum atomic E-state index is 12.4. The van der Waals surface area contributed by atoms with Gasteiger partial charge in [-0.15, -0.1) is 11.3 Å². The number of thiazole rings is 1. The standard InChI is InChI=1S/C22H22N2O3S/c1-16-5-4-6-18(11-16)26-10-3-2-9-24-20-12-17(19-14-28-15-23-19)7-8-21(20)27-13-22(24)25/h4-8,11-12,14-15H,2-3,9-10,13H2,1H3. The van der Waals surface area contributed by atoms with Crippen LogP contribution in [-0.2, 0) is 4.79 Å². The van der Waals surface area contributed by atoms with Crippen LogP contribution in [0.1, 0.15) is 18.4 Å². The fourth-order valence-electron chi connectivity index (χ4n) is 3.23. The van der Waals surface area contributed by atoms with E-state index in [0.29, 0.717) is 13.2 Å². The van der Waals surface area contributed by atoms with Crippen LogP contribution in [0.15, 0.2) is 53.4 Å². The number of aryl methyl sites for hydroxylation is 1. The van der Waals surface area contributed by atoms with Gasteiger partial charge in [0.25, 0.3) is 5.91 Å². The zero-order valence-electron chi connectivity index (χ0n) is 15.8. The lowest BCUT2D eigenvalue weighted by Crippen LogP contribution is -2.39. The number of hydrogen-bond acceptors (Lipinski definition) is 5. The van der Waals surface area contributed by atoms with Gasteiger partial charge < -0.3 is 14.4 Å². The molecule has 0 unspecified atom stereocenters. The zero-order chi connectivity index (χ0) is 19.3. The summed E-state index contributed by atoms with van der Waals surface area (Å²) in [6.07, 6.45) is 1.73. The number of amides is 1. The fourth-order valence-corrected chi connectivity index (χ4v) is 3.79. The highest BCUT2D eigenvalue weighted by atomic mass is 32.1. The predicted octanol–water partition coefficient (Wildman–Crippen LogP) is 4.70. The number of unbranched alkanes of at least 4 members (excludes halogenated alkanes) is 1. The number of anilines is 1. The van der Waals surface area contributed by atoms with E-state index in [-0.39, 0.29) is 12.5 Å². The number of rotatable bonds is 7. The highest BCUT2D eigenvalue weighted by Crippen LogP contribution is 2.36. The second-order valence-corrected chi connectivity index (χ2v) is 7.48. The fraction of sp³-hybridized carbons (Fsp3) is 0.273. The first-order valence-corrected chi connectivity index (χ1v) is 10.3. The number of carbonyl (C=O) groups excluding carboxylic acids is 1. The van der Waals surface area contributed by atoms with Crippen molar-refractivity contribution in [1.82, 2.24) is 4.98 Å². The summed E-state index contributed by atoms with van der Waals surface area (Å²) in [5, 5.41) is 2.00. The first kappa shape index (κ1) is 18.5. The van der Waals surface area contributed by atoms with Gasteiger partial charge in [-0.2, -0.15) is 0 Å². The molecule has 2 heterocycles. The number of hydrogen-bond donors (Lipinski definition) is 0. The molecule has 6 heteroatoms. The van der Waals surface area contributed by atoms with E-state index in [1.165, 1.54) is 5.56 Å². The number of benzene rings is 2. The van der Waals surface area contributed by atoms with E-state index >= 15 is 0 Å². The van der Waals surface area contributed by atoms with Gasteiger partial charge in [0.2, 0.25) is 0 Å². The Morgan fingerprint density at radius 2 is 2.14 bits per heavy atom. The molecular weight excluding hydrogens is 372 g/mol. The second kappa shape index (κ2) is 8.44. The Labute approximate surface area is 168 Å². The van der Waals surface area contributed by atoms with Crippen molar-refractivity contribution in [2.24, 2.45) is 0 Å². The summed E-state index contributed by atoms with van der Waals surface area (Å²) in [6.45, 7) is 3.41. The maximum Gasteiger partial charge on any atom is 0.265 e. The van der Waals surface area contributed by atoms with Crippen molar-refractivity contribution in [2.75, 3.05) is 24.7 Å². The minimum atomic E-state index is -0.0115. The lowest BCUT2D eigenvalue weighted by Gasteiger charge is -2.29. The van der Waals surface area contributed by atoms with E-state index < -0.39 is 0 Å². The second-order valence-electron chi connectivity index (χ2n) is 6.76.